The Kier molecular flexibility index (Phi) is 10.2. The lowest BCUT2D eigenvalue weighted by molar-refractivity contribution is -0.139. The van der Waals surface area contributed by atoms with Crippen molar-refractivity contribution in [2.45, 2.75) is 65.5 Å². The lowest BCUT2D eigenvalue weighted by Crippen LogP contribution is -2.43. The van der Waals surface area contributed by atoms with E-state index in [1.54, 1.807) is 34.6 Å². The highest BCUT2D eigenvalue weighted by Crippen LogP contribution is 2.48. The predicted molar refractivity (Wildman–Crippen MR) is 90.4 cm³/mol. The summed E-state index contributed by atoms with van der Waals surface area (Å²) in [6, 6.07) is -1.06. The summed E-state index contributed by atoms with van der Waals surface area (Å²) in [7, 11) is -3.12. The van der Waals surface area contributed by atoms with Gasteiger partial charge in [-0.3, -0.25) is 4.57 Å². The first-order chi connectivity index (χ1) is 11.0. The number of aliphatic carboxylic acids is 1. The van der Waals surface area contributed by atoms with E-state index in [0.717, 1.165) is 0 Å². The van der Waals surface area contributed by atoms with Gasteiger partial charge < -0.3 is 24.2 Å². The number of carbonyl (C=O) groups excluding carboxylic acids is 1. The van der Waals surface area contributed by atoms with Gasteiger partial charge in [0.15, 0.2) is 0 Å². The van der Waals surface area contributed by atoms with Crippen LogP contribution in [0.25, 0.3) is 0 Å². The van der Waals surface area contributed by atoms with Gasteiger partial charge in [-0.25, -0.2) is 9.59 Å². The molecule has 0 heterocycles. The van der Waals surface area contributed by atoms with Crippen molar-refractivity contribution in [1.82, 2.24) is 5.32 Å². The lowest BCUT2D eigenvalue weighted by Gasteiger charge is -2.22. The highest BCUT2D eigenvalue weighted by Gasteiger charge is 2.25. The number of carbonyl (C=O) groups is 2. The second kappa shape index (κ2) is 10.7. The van der Waals surface area contributed by atoms with Crippen molar-refractivity contribution >= 4 is 19.7 Å². The molecular weight excluding hydrogens is 337 g/mol. The molecule has 0 aliphatic carbocycles. The number of carboxylic acids is 1. The molecule has 0 aromatic carbocycles. The molecule has 1 amide bonds. The van der Waals surface area contributed by atoms with Crippen LogP contribution in [0.15, 0.2) is 0 Å². The van der Waals surface area contributed by atoms with Gasteiger partial charge in [-0.2, -0.15) is 0 Å². The Hall–Kier alpha value is -1.11. The second-order valence-electron chi connectivity index (χ2n) is 6.20. The lowest BCUT2D eigenvalue weighted by atomic mass is 10.1. The molecule has 0 rings (SSSR count). The van der Waals surface area contributed by atoms with Crippen LogP contribution in [0, 0.1) is 0 Å². The normalized spacial score (nSPS) is 13.4. The van der Waals surface area contributed by atoms with Gasteiger partial charge >= 0.3 is 19.7 Å². The van der Waals surface area contributed by atoms with Gasteiger partial charge in [-0.1, -0.05) is 6.42 Å². The Morgan fingerprint density at radius 3 is 2.08 bits per heavy atom. The van der Waals surface area contributed by atoms with Crippen LogP contribution in [0.3, 0.4) is 0 Å². The fourth-order valence-electron chi connectivity index (χ4n) is 1.92. The molecule has 2 N–H and O–H groups in total. The number of unbranched alkanes of at least 4 members (excludes halogenated alkanes) is 1. The smallest absolute Gasteiger partial charge is 0.408 e. The van der Waals surface area contributed by atoms with E-state index in [2.05, 4.69) is 5.32 Å². The maximum absolute atomic E-state index is 12.3. The fraction of sp³-hybridized carbons (Fsp3) is 0.867. The number of rotatable bonds is 11. The first kappa shape index (κ1) is 22.9. The third-order valence-electron chi connectivity index (χ3n) is 2.82. The number of hydrogen-bond acceptors (Lipinski definition) is 6. The fourth-order valence-corrected chi connectivity index (χ4v) is 3.65. The van der Waals surface area contributed by atoms with Crippen LogP contribution in [0.4, 0.5) is 4.79 Å². The van der Waals surface area contributed by atoms with E-state index in [9.17, 15) is 19.3 Å². The first-order valence-corrected chi connectivity index (χ1v) is 9.86. The topological polar surface area (TPSA) is 111 Å². The van der Waals surface area contributed by atoms with Gasteiger partial charge in [0.1, 0.15) is 11.6 Å². The molecular formula is C15H30NO7P. The highest BCUT2D eigenvalue weighted by molar-refractivity contribution is 7.53. The van der Waals surface area contributed by atoms with Crippen molar-refractivity contribution in [2.75, 3.05) is 19.4 Å². The molecule has 0 spiro atoms. The third kappa shape index (κ3) is 10.6. The quantitative estimate of drug-likeness (QED) is 0.425. The van der Waals surface area contributed by atoms with E-state index < -0.39 is 31.3 Å². The van der Waals surface area contributed by atoms with Gasteiger partial charge in [0.05, 0.1) is 19.4 Å². The molecule has 0 aliphatic rings. The molecule has 0 aromatic rings. The van der Waals surface area contributed by atoms with Crippen LogP contribution in [0.1, 0.15) is 53.9 Å². The van der Waals surface area contributed by atoms with Gasteiger partial charge in [0.2, 0.25) is 0 Å². The number of alkyl carbamates (subject to hydrolysis) is 1. The van der Waals surface area contributed by atoms with Crippen LogP contribution < -0.4 is 5.32 Å². The Labute approximate surface area is 143 Å². The van der Waals surface area contributed by atoms with Gasteiger partial charge in [-0.15, -0.1) is 0 Å². The van der Waals surface area contributed by atoms with Crippen molar-refractivity contribution in [1.29, 1.82) is 0 Å². The maximum atomic E-state index is 12.3. The molecule has 0 saturated heterocycles. The average Bonchev–Trinajstić information content (AvgIpc) is 2.40. The third-order valence-corrected chi connectivity index (χ3v) is 4.98. The summed E-state index contributed by atoms with van der Waals surface area (Å²) >= 11 is 0. The summed E-state index contributed by atoms with van der Waals surface area (Å²) in [4.78, 5) is 22.9. The first-order valence-electron chi connectivity index (χ1n) is 8.13. The molecule has 1 unspecified atom stereocenters. The standard InChI is InChI=1S/C15H30NO7P/c1-6-21-24(20,22-7-2)11-9-8-10-12(13(17)18)16-14(19)23-15(3,4)5/h12H,6-11H2,1-5H3,(H,16,19)(H,17,18). The summed E-state index contributed by atoms with van der Waals surface area (Å²) in [5, 5.41) is 11.5. The minimum absolute atomic E-state index is 0.201. The van der Waals surface area contributed by atoms with Gasteiger partial charge in [-0.05, 0) is 47.5 Å². The molecule has 0 fully saturated rings. The molecule has 0 bridgehead atoms. The number of hydrogen-bond donors (Lipinski definition) is 2. The number of nitrogens with one attached hydrogen (secondary N) is 1. The Bertz CT molecular complexity index is 438. The zero-order chi connectivity index (χ0) is 18.8. The van der Waals surface area contributed by atoms with Crippen molar-refractivity contribution in [3.63, 3.8) is 0 Å². The van der Waals surface area contributed by atoms with Crippen LogP contribution >= 0.6 is 7.60 Å². The van der Waals surface area contributed by atoms with E-state index in [0.29, 0.717) is 12.8 Å². The predicted octanol–water partition coefficient (Wildman–Crippen LogP) is 3.40. The Morgan fingerprint density at radius 2 is 1.67 bits per heavy atom. The number of carboxylic acid groups (broad SMARTS) is 1. The molecule has 0 saturated carbocycles. The molecule has 0 radical (unpaired) electrons. The molecule has 0 aromatic heterocycles. The van der Waals surface area contributed by atoms with Crippen molar-refractivity contribution in [3.05, 3.63) is 0 Å². The molecule has 8 nitrogen and oxygen atoms in total. The van der Waals surface area contributed by atoms with Crippen LogP contribution in [0.5, 0.6) is 0 Å². The average molecular weight is 367 g/mol. The van der Waals surface area contributed by atoms with Crippen LogP contribution in [0.2, 0.25) is 0 Å². The van der Waals surface area contributed by atoms with Gasteiger partial charge in [0.25, 0.3) is 0 Å². The second-order valence-corrected chi connectivity index (χ2v) is 8.39. The van der Waals surface area contributed by atoms with E-state index in [4.69, 9.17) is 13.8 Å². The summed E-state index contributed by atoms with van der Waals surface area (Å²) in [6.45, 7) is 9.13. The van der Waals surface area contributed by atoms with E-state index in [-0.39, 0.29) is 25.8 Å². The zero-order valence-electron chi connectivity index (χ0n) is 15.2. The molecule has 9 heteroatoms. The van der Waals surface area contributed by atoms with Gasteiger partial charge in [0, 0.05) is 0 Å². The monoisotopic (exact) mass is 367 g/mol. The number of ether oxygens (including phenoxy) is 1. The summed E-state index contributed by atoms with van der Waals surface area (Å²) in [5.41, 5.74) is -0.700. The van der Waals surface area contributed by atoms with Crippen molar-refractivity contribution in [3.8, 4) is 0 Å². The zero-order valence-corrected chi connectivity index (χ0v) is 16.1. The van der Waals surface area contributed by atoms with Crippen LogP contribution in [-0.4, -0.2) is 48.2 Å². The maximum Gasteiger partial charge on any atom is 0.408 e. The summed E-state index contributed by atoms with van der Waals surface area (Å²) in [6.07, 6.45) is 0.568. The largest absolute Gasteiger partial charge is 0.480 e. The molecule has 24 heavy (non-hydrogen) atoms. The van der Waals surface area contributed by atoms with Crippen molar-refractivity contribution < 1.29 is 33.0 Å². The summed E-state index contributed by atoms with van der Waals surface area (Å²) < 4.78 is 27.7. The Balaban J connectivity index is 4.38. The van der Waals surface area contributed by atoms with Crippen molar-refractivity contribution in [2.24, 2.45) is 0 Å². The summed E-state index contributed by atoms with van der Waals surface area (Å²) in [5.74, 6) is -1.14. The molecule has 1 atom stereocenters. The molecule has 142 valence electrons. The van der Waals surface area contributed by atoms with E-state index in [1.165, 1.54) is 0 Å². The Morgan fingerprint density at radius 1 is 1.12 bits per heavy atom. The minimum Gasteiger partial charge on any atom is -0.480 e. The van der Waals surface area contributed by atoms with Crippen LogP contribution in [-0.2, 0) is 23.1 Å². The number of amides is 1. The minimum atomic E-state index is -3.12. The van der Waals surface area contributed by atoms with E-state index >= 15 is 0 Å². The highest BCUT2D eigenvalue weighted by atomic mass is 31.2. The SMILES string of the molecule is CCOP(=O)(CCCCC(NC(=O)OC(C)(C)C)C(=O)O)OCC. The molecule has 0 aliphatic heterocycles. The van der Waals surface area contributed by atoms with E-state index in [1.807, 2.05) is 0 Å².